The van der Waals surface area contributed by atoms with Crippen LogP contribution in [0.2, 0.25) is 0 Å². The minimum atomic E-state index is -2.04. The van der Waals surface area contributed by atoms with Crippen LogP contribution in [0, 0.1) is 0 Å². The molecule has 1 aliphatic heterocycles. The standard InChI is InChI=1S/C14H17FO5/c1-14(15)11(10(8-16)19-13(14)18-2)20-12(17)9-6-4-3-5-7-9/h3-7,10-11,13,16H,8H2,1-2H3/t10-,11+,13?,14+/m0/s1. The van der Waals surface area contributed by atoms with E-state index in [-0.39, 0.29) is 0 Å². The van der Waals surface area contributed by atoms with Crippen LogP contribution in [0.3, 0.4) is 0 Å². The number of halogens is 1. The van der Waals surface area contributed by atoms with Crippen LogP contribution in [0.15, 0.2) is 30.3 Å². The number of methoxy groups -OCH3 is 1. The van der Waals surface area contributed by atoms with Gasteiger partial charge in [-0.25, -0.2) is 9.18 Å². The molecule has 1 fully saturated rings. The van der Waals surface area contributed by atoms with Crippen molar-refractivity contribution in [2.24, 2.45) is 0 Å². The summed E-state index contributed by atoms with van der Waals surface area (Å²) in [6, 6.07) is 8.24. The summed E-state index contributed by atoms with van der Waals surface area (Å²) < 4.78 is 29.9. The first-order chi connectivity index (χ1) is 9.50. The van der Waals surface area contributed by atoms with Crippen molar-refractivity contribution in [1.29, 1.82) is 0 Å². The predicted octanol–water partition coefficient (Wildman–Crippen LogP) is 1.30. The molecular formula is C14H17FO5. The minimum absolute atomic E-state index is 0.306. The number of esters is 1. The summed E-state index contributed by atoms with van der Waals surface area (Å²) in [6.45, 7) is 0.756. The van der Waals surface area contributed by atoms with E-state index in [1.807, 2.05) is 0 Å². The largest absolute Gasteiger partial charge is 0.452 e. The highest BCUT2D eigenvalue weighted by Gasteiger charge is 2.57. The molecule has 0 amide bonds. The van der Waals surface area contributed by atoms with Crippen LogP contribution in [-0.4, -0.2) is 49.0 Å². The third kappa shape index (κ3) is 2.67. The Kier molecular flexibility index (Phi) is 4.37. The zero-order valence-electron chi connectivity index (χ0n) is 11.3. The summed E-state index contributed by atoms with van der Waals surface area (Å²) in [7, 11) is 1.29. The normalized spacial score (nSPS) is 33.1. The molecule has 110 valence electrons. The molecule has 0 bridgehead atoms. The molecule has 1 saturated heterocycles. The van der Waals surface area contributed by atoms with E-state index in [1.54, 1.807) is 30.3 Å². The number of hydrogen-bond donors (Lipinski definition) is 1. The lowest BCUT2D eigenvalue weighted by atomic mass is 9.99. The van der Waals surface area contributed by atoms with E-state index in [9.17, 15) is 14.3 Å². The highest BCUT2D eigenvalue weighted by atomic mass is 19.1. The van der Waals surface area contributed by atoms with Crippen molar-refractivity contribution >= 4 is 5.97 Å². The van der Waals surface area contributed by atoms with E-state index >= 15 is 0 Å². The van der Waals surface area contributed by atoms with Gasteiger partial charge in [-0.3, -0.25) is 0 Å². The van der Waals surface area contributed by atoms with E-state index in [1.165, 1.54) is 14.0 Å². The highest BCUT2D eigenvalue weighted by molar-refractivity contribution is 5.89. The van der Waals surface area contributed by atoms with Crippen molar-refractivity contribution in [3.8, 4) is 0 Å². The van der Waals surface area contributed by atoms with Crippen LogP contribution >= 0.6 is 0 Å². The monoisotopic (exact) mass is 284 g/mol. The van der Waals surface area contributed by atoms with Gasteiger partial charge in [-0.05, 0) is 19.1 Å². The zero-order chi connectivity index (χ0) is 14.8. The maximum absolute atomic E-state index is 14.6. The van der Waals surface area contributed by atoms with Crippen LogP contribution in [0.25, 0.3) is 0 Å². The van der Waals surface area contributed by atoms with Crippen LogP contribution in [0.4, 0.5) is 4.39 Å². The molecule has 1 aromatic rings. The summed E-state index contributed by atoms with van der Waals surface area (Å²) in [5.74, 6) is -0.668. The zero-order valence-corrected chi connectivity index (χ0v) is 11.3. The molecule has 6 heteroatoms. The third-order valence-corrected chi connectivity index (χ3v) is 3.29. The van der Waals surface area contributed by atoms with E-state index < -0.39 is 36.7 Å². The molecule has 0 spiro atoms. The van der Waals surface area contributed by atoms with Gasteiger partial charge in [-0.1, -0.05) is 18.2 Å². The molecule has 0 aliphatic carbocycles. The molecule has 1 unspecified atom stereocenters. The molecule has 20 heavy (non-hydrogen) atoms. The number of ether oxygens (including phenoxy) is 3. The Bertz CT molecular complexity index is 462. The molecule has 5 nitrogen and oxygen atoms in total. The molecule has 1 heterocycles. The molecule has 4 atom stereocenters. The number of benzene rings is 1. The van der Waals surface area contributed by atoms with Gasteiger partial charge in [0.1, 0.15) is 6.10 Å². The van der Waals surface area contributed by atoms with Crippen molar-refractivity contribution < 1.29 is 28.5 Å². The third-order valence-electron chi connectivity index (χ3n) is 3.29. The first-order valence-electron chi connectivity index (χ1n) is 6.24. The second-order valence-electron chi connectivity index (χ2n) is 4.77. The first kappa shape index (κ1) is 14.9. The van der Waals surface area contributed by atoms with Gasteiger partial charge >= 0.3 is 5.97 Å². The van der Waals surface area contributed by atoms with Gasteiger partial charge in [0.25, 0.3) is 0 Å². The second kappa shape index (κ2) is 5.87. The number of aliphatic hydroxyl groups excluding tert-OH is 1. The molecular weight excluding hydrogens is 267 g/mol. The lowest BCUT2D eigenvalue weighted by Gasteiger charge is -2.26. The summed E-state index contributed by atoms with van der Waals surface area (Å²) in [5, 5.41) is 9.23. The smallest absolute Gasteiger partial charge is 0.338 e. The molecule has 0 aromatic heterocycles. The number of aliphatic hydroxyl groups is 1. The Morgan fingerprint density at radius 1 is 1.45 bits per heavy atom. The lowest BCUT2D eigenvalue weighted by molar-refractivity contribution is -0.163. The van der Waals surface area contributed by atoms with Crippen LogP contribution < -0.4 is 0 Å². The average Bonchev–Trinajstić information content (AvgIpc) is 2.70. The quantitative estimate of drug-likeness (QED) is 0.844. The van der Waals surface area contributed by atoms with Gasteiger partial charge in [-0.15, -0.1) is 0 Å². The fourth-order valence-corrected chi connectivity index (χ4v) is 2.23. The molecule has 1 N–H and O–H groups in total. The minimum Gasteiger partial charge on any atom is -0.452 e. The molecule has 0 radical (unpaired) electrons. The highest BCUT2D eigenvalue weighted by Crippen LogP contribution is 2.37. The van der Waals surface area contributed by atoms with Gasteiger partial charge in [0, 0.05) is 7.11 Å². The Morgan fingerprint density at radius 3 is 2.65 bits per heavy atom. The Morgan fingerprint density at radius 2 is 2.10 bits per heavy atom. The Hall–Kier alpha value is -1.50. The second-order valence-corrected chi connectivity index (χ2v) is 4.77. The number of alkyl halides is 1. The van der Waals surface area contributed by atoms with Gasteiger partial charge in [0.15, 0.2) is 18.1 Å². The van der Waals surface area contributed by atoms with E-state index in [0.29, 0.717) is 5.56 Å². The number of carbonyl (C=O) groups is 1. The average molecular weight is 284 g/mol. The first-order valence-corrected chi connectivity index (χ1v) is 6.24. The summed E-state index contributed by atoms with van der Waals surface area (Å²) >= 11 is 0. The number of carbonyl (C=O) groups excluding carboxylic acids is 1. The van der Waals surface area contributed by atoms with Crippen molar-refractivity contribution in [2.45, 2.75) is 31.1 Å². The molecule has 1 aromatic carbocycles. The lowest BCUT2D eigenvalue weighted by Crippen LogP contribution is -2.45. The number of hydrogen-bond acceptors (Lipinski definition) is 5. The van der Waals surface area contributed by atoms with E-state index in [4.69, 9.17) is 14.2 Å². The van der Waals surface area contributed by atoms with Gasteiger partial charge < -0.3 is 19.3 Å². The summed E-state index contributed by atoms with van der Waals surface area (Å²) in [5.41, 5.74) is -1.73. The predicted molar refractivity (Wildman–Crippen MR) is 67.9 cm³/mol. The molecule has 0 saturated carbocycles. The van der Waals surface area contributed by atoms with Crippen molar-refractivity contribution in [3.05, 3.63) is 35.9 Å². The van der Waals surface area contributed by atoms with Gasteiger partial charge in [0.05, 0.1) is 12.2 Å². The fourth-order valence-electron chi connectivity index (χ4n) is 2.23. The topological polar surface area (TPSA) is 65.0 Å². The SMILES string of the molecule is COC1O[C@@H](CO)[C@@H](OC(=O)c2ccccc2)[C@@]1(C)F. The van der Waals surface area contributed by atoms with Crippen LogP contribution in [-0.2, 0) is 14.2 Å². The van der Waals surface area contributed by atoms with Gasteiger partial charge in [-0.2, -0.15) is 0 Å². The Labute approximate surface area is 116 Å². The van der Waals surface area contributed by atoms with Crippen molar-refractivity contribution in [2.75, 3.05) is 13.7 Å². The van der Waals surface area contributed by atoms with Crippen LogP contribution in [0.1, 0.15) is 17.3 Å². The molecule has 1 aliphatic rings. The van der Waals surface area contributed by atoms with E-state index in [0.717, 1.165) is 0 Å². The molecule has 2 rings (SSSR count). The van der Waals surface area contributed by atoms with Crippen molar-refractivity contribution in [1.82, 2.24) is 0 Å². The van der Waals surface area contributed by atoms with Crippen LogP contribution in [0.5, 0.6) is 0 Å². The summed E-state index contributed by atoms with van der Waals surface area (Å²) in [6.07, 6.45) is -3.37. The fraction of sp³-hybridized carbons (Fsp3) is 0.500. The number of rotatable bonds is 4. The maximum Gasteiger partial charge on any atom is 0.338 e. The van der Waals surface area contributed by atoms with Crippen molar-refractivity contribution in [3.63, 3.8) is 0 Å². The summed E-state index contributed by atoms with van der Waals surface area (Å²) in [4.78, 5) is 12.0. The van der Waals surface area contributed by atoms with E-state index in [2.05, 4.69) is 0 Å². The maximum atomic E-state index is 14.6. The van der Waals surface area contributed by atoms with Gasteiger partial charge in [0.2, 0.25) is 0 Å². The Balaban J connectivity index is 2.16.